The van der Waals surface area contributed by atoms with Gasteiger partial charge in [-0.1, -0.05) is 26.8 Å². The standard InChI is InChI=1S/C24H34O6/c1-13-9-18-17-6-5-15-10-16(26)7-8-22(15,3)21(17)19(27)11-23(18,4)24(13,29)20(28)12-30-14(2)25/h7-8,13,15,17-19,21,27,29H,5-6,9-12H2,1-4H3/t13-,15-,17-,18-,19-,21+,22+,23+,24+/m1/s1. The molecule has 9 atom stereocenters. The van der Waals surface area contributed by atoms with E-state index in [1.54, 1.807) is 6.08 Å². The average molecular weight is 419 g/mol. The van der Waals surface area contributed by atoms with Gasteiger partial charge < -0.3 is 14.9 Å². The van der Waals surface area contributed by atoms with Gasteiger partial charge in [-0.3, -0.25) is 14.4 Å². The highest BCUT2D eigenvalue weighted by Gasteiger charge is 2.70. The van der Waals surface area contributed by atoms with E-state index < -0.39 is 35.5 Å². The molecule has 166 valence electrons. The molecule has 0 radical (unpaired) electrons. The Bertz CT molecular complexity index is 804. The Kier molecular flexibility index (Phi) is 5.06. The van der Waals surface area contributed by atoms with Crippen molar-refractivity contribution < 1.29 is 29.3 Å². The lowest BCUT2D eigenvalue weighted by molar-refractivity contribution is -0.194. The smallest absolute Gasteiger partial charge is 0.303 e. The van der Waals surface area contributed by atoms with E-state index in [2.05, 4.69) is 6.92 Å². The first kappa shape index (κ1) is 21.7. The van der Waals surface area contributed by atoms with Crippen LogP contribution in [0.5, 0.6) is 0 Å². The molecule has 0 aromatic heterocycles. The van der Waals surface area contributed by atoms with Crippen LogP contribution < -0.4 is 0 Å². The predicted octanol–water partition coefficient (Wildman–Crippen LogP) is 2.45. The molecular weight excluding hydrogens is 384 g/mol. The third-order valence-electron chi connectivity index (χ3n) is 9.39. The van der Waals surface area contributed by atoms with Crippen molar-refractivity contribution in [2.45, 2.75) is 71.5 Å². The van der Waals surface area contributed by atoms with Crippen LogP contribution in [0.3, 0.4) is 0 Å². The number of aliphatic hydroxyl groups excluding tert-OH is 1. The number of carbonyl (C=O) groups excluding carboxylic acids is 3. The normalized spacial score (nSPS) is 49.7. The van der Waals surface area contributed by atoms with E-state index in [0.717, 1.165) is 12.8 Å². The van der Waals surface area contributed by atoms with Gasteiger partial charge in [0.2, 0.25) is 5.78 Å². The number of rotatable bonds is 3. The van der Waals surface area contributed by atoms with Crippen LogP contribution in [0.1, 0.15) is 59.8 Å². The van der Waals surface area contributed by atoms with Crippen LogP contribution >= 0.6 is 0 Å². The molecule has 0 unspecified atom stereocenters. The van der Waals surface area contributed by atoms with Gasteiger partial charge in [-0.15, -0.1) is 0 Å². The SMILES string of the molecule is CC(=O)OCC(=O)[C@@]1(O)[C@H](C)C[C@@H]2[C@H]3CC[C@@H]4CC(=O)C=C[C@]4(C)[C@@H]3[C@H](O)C[C@@]21C. The molecule has 0 heterocycles. The Labute approximate surface area is 178 Å². The molecule has 0 spiro atoms. The molecular formula is C24H34O6. The molecule has 0 aromatic carbocycles. The van der Waals surface area contributed by atoms with Gasteiger partial charge in [0.05, 0.1) is 6.10 Å². The topological polar surface area (TPSA) is 101 Å². The highest BCUT2D eigenvalue weighted by molar-refractivity contribution is 5.92. The zero-order chi connectivity index (χ0) is 22.1. The summed E-state index contributed by atoms with van der Waals surface area (Å²) in [5, 5.41) is 23.1. The Hall–Kier alpha value is -1.53. The number of ketones is 2. The molecule has 0 aliphatic heterocycles. The van der Waals surface area contributed by atoms with Gasteiger partial charge in [-0.25, -0.2) is 0 Å². The Morgan fingerprint density at radius 2 is 1.97 bits per heavy atom. The first-order valence-electron chi connectivity index (χ1n) is 11.2. The van der Waals surface area contributed by atoms with E-state index in [9.17, 15) is 24.6 Å². The third-order valence-corrected chi connectivity index (χ3v) is 9.39. The minimum Gasteiger partial charge on any atom is -0.458 e. The summed E-state index contributed by atoms with van der Waals surface area (Å²) in [5.41, 5.74) is -2.65. The van der Waals surface area contributed by atoms with Gasteiger partial charge in [0, 0.05) is 18.8 Å². The van der Waals surface area contributed by atoms with Crippen molar-refractivity contribution in [3.8, 4) is 0 Å². The number of carbonyl (C=O) groups is 3. The van der Waals surface area contributed by atoms with Gasteiger partial charge in [0.15, 0.2) is 12.4 Å². The van der Waals surface area contributed by atoms with Crippen molar-refractivity contribution in [2.75, 3.05) is 6.61 Å². The van der Waals surface area contributed by atoms with Crippen LogP contribution in [0.15, 0.2) is 12.2 Å². The fourth-order valence-corrected chi connectivity index (χ4v) is 7.96. The van der Waals surface area contributed by atoms with E-state index in [-0.39, 0.29) is 40.8 Å². The maximum atomic E-state index is 13.1. The van der Waals surface area contributed by atoms with Crippen molar-refractivity contribution in [2.24, 2.45) is 40.4 Å². The average Bonchev–Trinajstić information content (AvgIpc) is 2.87. The fourth-order valence-electron chi connectivity index (χ4n) is 7.96. The molecule has 30 heavy (non-hydrogen) atoms. The van der Waals surface area contributed by atoms with Gasteiger partial charge in [-0.05, 0) is 66.8 Å². The van der Waals surface area contributed by atoms with Gasteiger partial charge in [0.25, 0.3) is 0 Å². The van der Waals surface area contributed by atoms with Crippen molar-refractivity contribution in [3.63, 3.8) is 0 Å². The summed E-state index contributed by atoms with van der Waals surface area (Å²) in [6, 6.07) is 0. The second kappa shape index (κ2) is 6.99. The lowest BCUT2D eigenvalue weighted by Gasteiger charge is -2.61. The Morgan fingerprint density at radius 1 is 1.27 bits per heavy atom. The number of allylic oxidation sites excluding steroid dienone is 2. The van der Waals surface area contributed by atoms with Crippen LogP contribution in [0, 0.1) is 40.4 Å². The van der Waals surface area contributed by atoms with Crippen LogP contribution in [0.4, 0.5) is 0 Å². The highest BCUT2D eigenvalue weighted by Crippen LogP contribution is 2.68. The van der Waals surface area contributed by atoms with Crippen LogP contribution in [0.25, 0.3) is 0 Å². The molecule has 4 aliphatic rings. The molecule has 6 nitrogen and oxygen atoms in total. The van der Waals surface area contributed by atoms with Crippen molar-refractivity contribution >= 4 is 17.5 Å². The highest BCUT2D eigenvalue weighted by atomic mass is 16.5. The van der Waals surface area contributed by atoms with Crippen molar-refractivity contribution in [1.82, 2.24) is 0 Å². The largest absolute Gasteiger partial charge is 0.458 e. The van der Waals surface area contributed by atoms with Gasteiger partial charge in [-0.2, -0.15) is 0 Å². The lowest BCUT2D eigenvalue weighted by Crippen LogP contribution is -2.63. The van der Waals surface area contributed by atoms with Gasteiger partial charge in [0.1, 0.15) is 5.60 Å². The molecule has 4 rings (SSSR count). The number of ether oxygens (including phenoxy) is 1. The second-order valence-corrected chi connectivity index (χ2v) is 10.7. The number of hydrogen-bond donors (Lipinski definition) is 2. The minimum absolute atomic E-state index is 0.0109. The summed E-state index contributed by atoms with van der Waals surface area (Å²) >= 11 is 0. The number of hydrogen-bond acceptors (Lipinski definition) is 6. The van der Waals surface area contributed by atoms with E-state index in [1.807, 2.05) is 19.9 Å². The summed E-state index contributed by atoms with van der Waals surface area (Å²) < 4.78 is 4.93. The first-order valence-corrected chi connectivity index (χ1v) is 11.2. The Morgan fingerprint density at radius 3 is 2.63 bits per heavy atom. The summed E-state index contributed by atoms with van der Waals surface area (Å²) in [5.74, 6) is -0.625. The van der Waals surface area contributed by atoms with Crippen LogP contribution in [-0.2, 0) is 19.1 Å². The third kappa shape index (κ3) is 2.79. The molecule has 2 N–H and O–H groups in total. The molecule has 0 bridgehead atoms. The summed E-state index contributed by atoms with van der Waals surface area (Å²) in [6.07, 6.45) is 6.40. The van der Waals surface area contributed by atoms with Crippen LogP contribution in [0.2, 0.25) is 0 Å². The number of fused-ring (bicyclic) bond motifs is 5. The number of esters is 1. The quantitative estimate of drug-likeness (QED) is 0.683. The number of aliphatic hydroxyl groups is 2. The molecule has 6 heteroatoms. The summed E-state index contributed by atoms with van der Waals surface area (Å²) in [4.78, 5) is 36.3. The van der Waals surface area contributed by atoms with E-state index in [0.29, 0.717) is 19.3 Å². The zero-order valence-corrected chi connectivity index (χ0v) is 18.4. The zero-order valence-electron chi connectivity index (χ0n) is 18.4. The van der Waals surface area contributed by atoms with Crippen molar-refractivity contribution in [1.29, 1.82) is 0 Å². The summed E-state index contributed by atoms with van der Waals surface area (Å²) in [6.45, 7) is 6.80. The molecule has 0 saturated heterocycles. The maximum absolute atomic E-state index is 13.1. The van der Waals surface area contributed by atoms with E-state index in [1.165, 1.54) is 6.92 Å². The maximum Gasteiger partial charge on any atom is 0.303 e. The monoisotopic (exact) mass is 418 g/mol. The summed E-state index contributed by atoms with van der Waals surface area (Å²) in [7, 11) is 0. The minimum atomic E-state index is -1.63. The van der Waals surface area contributed by atoms with E-state index >= 15 is 0 Å². The van der Waals surface area contributed by atoms with Crippen LogP contribution in [-0.4, -0.2) is 46.1 Å². The molecule has 0 amide bonds. The Balaban J connectivity index is 1.69. The molecule has 3 saturated carbocycles. The van der Waals surface area contributed by atoms with Gasteiger partial charge >= 0.3 is 5.97 Å². The fraction of sp³-hybridized carbons (Fsp3) is 0.792. The van der Waals surface area contributed by atoms with Crippen molar-refractivity contribution in [3.05, 3.63) is 12.2 Å². The molecule has 3 fully saturated rings. The molecule has 4 aliphatic carbocycles. The second-order valence-electron chi connectivity index (χ2n) is 10.7. The van der Waals surface area contributed by atoms with E-state index in [4.69, 9.17) is 4.74 Å². The lowest BCUT2D eigenvalue weighted by atomic mass is 9.44. The first-order chi connectivity index (χ1) is 13.9. The molecule has 0 aromatic rings. The predicted molar refractivity (Wildman–Crippen MR) is 109 cm³/mol. The number of Topliss-reactive ketones (excluding diaryl/α,β-unsaturated/α-hetero) is 1.